The Hall–Kier alpha value is -2.12. The number of aromatic amines is 1. The number of nitrogens with one attached hydrogen (secondary N) is 1. The van der Waals surface area contributed by atoms with Gasteiger partial charge in [-0.2, -0.15) is 13.2 Å². The van der Waals surface area contributed by atoms with Gasteiger partial charge in [-0.1, -0.05) is 6.07 Å². The summed E-state index contributed by atoms with van der Waals surface area (Å²) in [4.78, 5) is 13.9. The molecule has 2 aromatic rings. The van der Waals surface area contributed by atoms with Gasteiger partial charge in [-0.3, -0.25) is 0 Å². The molecule has 16 heavy (non-hydrogen) atoms. The van der Waals surface area contributed by atoms with E-state index in [4.69, 9.17) is 0 Å². The van der Waals surface area contributed by atoms with Crippen LogP contribution in [0.1, 0.15) is 5.69 Å². The van der Waals surface area contributed by atoms with Gasteiger partial charge in [0.2, 0.25) is 0 Å². The van der Waals surface area contributed by atoms with E-state index in [1.165, 1.54) is 6.07 Å². The summed E-state index contributed by atoms with van der Waals surface area (Å²) in [6.45, 7) is 0. The summed E-state index contributed by atoms with van der Waals surface area (Å²) in [5.74, 6) is -1.13. The highest BCUT2D eigenvalue weighted by molar-refractivity contribution is 5.45. The van der Waals surface area contributed by atoms with Crippen LogP contribution >= 0.6 is 0 Å². The van der Waals surface area contributed by atoms with Crippen LogP contribution in [0.3, 0.4) is 0 Å². The van der Waals surface area contributed by atoms with E-state index in [0.717, 1.165) is 12.1 Å². The van der Waals surface area contributed by atoms with E-state index < -0.39 is 17.6 Å². The van der Waals surface area contributed by atoms with Gasteiger partial charge in [-0.25, -0.2) is 14.9 Å². The summed E-state index contributed by atoms with van der Waals surface area (Å²) in [6.07, 6.45) is -4.55. The minimum absolute atomic E-state index is 0.159. The van der Waals surface area contributed by atoms with Crippen LogP contribution in [0.15, 0.2) is 27.4 Å². The number of hydrogen-bond acceptors (Lipinski definition) is 4. The van der Waals surface area contributed by atoms with Gasteiger partial charge in [0, 0.05) is 0 Å². The van der Waals surface area contributed by atoms with Crippen molar-refractivity contribution >= 4 is 0 Å². The van der Waals surface area contributed by atoms with Crippen LogP contribution in [0.25, 0.3) is 11.6 Å². The smallest absolute Gasteiger partial charge is 0.386 e. The van der Waals surface area contributed by atoms with Crippen molar-refractivity contribution in [1.29, 1.82) is 0 Å². The Kier molecular flexibility index (Phi) is 2.26. The fourth-order valence-electron chi connectivity index (χ4n) is 1.05. The molecule has 0 unspecified atom stereocenters. The van der Waals surface area contributed by atoms with Crippen molar-refractivity contribution in [2.24, 2.45) is 0 Å². The van der Waals surface area contributed by atoms with Crippen LogP contribution in [-0.2, 0) is 6.18 Å². The highest BCUT2D eigenvalue weighted by atomic mass is 19.4. The number of alkyl halides is 3. The Morgan fingerprint density at radius 2 is 2.06 bits per heavy atom. The molecule has 8 heteroatoms. The largest absolute Gasteiger partial charge is 0.434 e. The van der Waals surface area contributed by atoms with Gasteiger partial charge in [0.1, 0.15) is 11.4 Å². The molecule has 0 atom stereocenters. The van der Waals surface area contributed by atoms with Crippen LogP contribution in [0.5, 0.6) is 0 Å². The van der Waals surface area contributed by atoms with E-state index in [1.54, 1.807) is 0 Å². The topological polar surface area (TPSA) is 71.8 Å². The van der Waals surface area contributed by atoms with Crippen molar-refractivity contribution in [2.75, 3.05) is 0 Å². The summed E-state index contributed by atoms with van der Waals surface area (Å²) in [7, 11) is 0. The van der Waals surface area contributed by atoms with Crippen LogP contribution in [0.2, 0.25) is 0 Å². The highest BCUT2D eigenvalue weighted by Crippen LogP contribution is 2.28. The number of rotatable bonds is 1. The Labute approximate surface area is 85.9 Å². The lowest BCUT2D eigenvalue weighted by atomic mass is 10.3. The molecule has 0 radical (unpaired) electrons. The lowest BCUT2D eigenvalue weighted by Gasteiger charge is -2.05. The zero-order valence-electron chi connectivity index (χ0n) is 7.58. The molecular formula is C8H4F3N3O2. The molecule has 5 nitrogen and oxygen atoms in total. The second kappa shape index (κ2) is 3.47. The van der Waals surface area contributed by atoms with Gasteiger partial charge < -0.3 is 4.42 Å². The summed E-state index contributed by atoms with van der Waals surface area (Å²) in [5.41, 5.74) is -1.23. The average molecular weight is 231 g/mol. The minimum atomic E-state index is -4.55. The van der Waals surface area contributed by atoms with E-state index in [9.17, 15) is 18.0 Å². The first-order valence-electron chi connectivity index (χ1n) is 4.07. The maximum Gasteiger partial charge on any atom is 0.434 e. The minimum Gasteiger partial charge on any atom is -0.386 e. The molecule has 0 saturated heterocycles. The van der Waals surface area contributed by atoms with Crippen molar-refractivity contribution in [1.82, 2.24) is 15.2 Å². The van der Waals surface area contributed by atoms with Crippen molar-refractivity contribution in [2.45, 2.75) is 6.18 Å². The molecule has 0 aromatic carbocycles. The lowest BCUT2D eigenvalue weighted by Crippen LogP contribution is -2.08. The van der Waals surface area contributed by atoms with Crippen LogP contribution in [0.4, 0.5) is 13.2 Å². The zero-order chi connectivity index (χ0) is 11.8. The molecule has 1 N–H and O–H groups in total. The molecule has 0 bridgehead atoms. The number of hydrogen-bond donors (Lipinski definition) is 1. The summed E-state index contributed by atoms with van der Waals surface area (Å²) < 4.78 is 41.4. The summed E-state index contributed by atoms with van der Waals surface area (Å²) in [6, 6.07) is 3.22. The molecule has 0 fully saturated rings. The Balaban J connectivity index is 2.48. The van der Waals surface area contributed by atoms with E-state index in [0.29, 0.717) is 0 Å². The van der Waals surface area contributed by atoms with Gasteiger partial charge >= 0.3 is 11.9 Å². The molecule has 0 spiro atoms. The van der Waals surface area contributed by atoms with E-state index in [1.807, 2.05) is 5.10 Å². The Bertz CT molecular complexity index is 558. The van der Waals surface area contributed by atoms with Crippen molar-refractivity contribution < 1.29 is 17.6 Å². The lowest BCUT2D eigenvalue weighted by molar-refractivity contribution is -0.141. The Morgan fingerprint density at radius 1 is 1.31 bits per heavy atom. The third-order valence-corrected chi connectivity index (χ3v) is 1.70. The third kappa shape index (κ3) is 1.95. The van der Waals surface area contributed by atoms with E-state index >= 15 is 0 Å². The first-order chi connectivity index (χ1) is 7.47. The maximum absolute atomic E-state index is 12.3. The fraction of sp³-hybridized carbons (Fsp3) is 0.125. The van der Waals surface area contributed by atoms with Crippen molar-refractivity contribution in [3.05, 3.63) is 34.4 Å². The van der Waals surface area contributed by atoms with Crippen LogP contribution in [0, 0.1) is 0 Å². The number of H-pyrrole nitrogens is 1. The average Bonchev–Trinajstić information content (AvgIpc) is 2.64. The van der Waals surface area contributed by atoms with Gasteiger partial charge in [0.05, 0.1) is 0 Å². The molecule has 84 valence electrons. The predicted octanol–water partition coefficient (Wildman–Crippen LogP) is 1.44. The molecular weight excluding hydrogens is 227 g/mol. The van der Waals surface area contributed by atoms with Crippen molar-refractivity contribution in [3.8, 4) is 11.6 Å². The quantitative estimate of drug-likeness (QED) is 0.806. The molecule has 0 saturated carbocycles. The normalized spacial score (nSPS) is 11.7. The number of aromatic nitrogens is 3. The van der Waals surface area contributed by atoms with Gasteiger partial charge in [-0.05, 0) is 12.1 Å². The van der Waals surface area contributed by atoms with Crippen LogP contribution < -0.4 is 5.76 Å². The SMILES string of the molecule is O=c1[nH]nc(-c2cccc(C(F)(F)F)n2)o1. The second-order valence-corrected chi connectivity index (χ2v) is 2.82. The molecule has 2 rings (SSSR count). The molecule has 2 heterocycles. The highest BCUT2D eigenvalue weighted by Gasteiger charge is 2.32. The van der Waals surface area contributed by atoms with Gasteiger partial charge in [0.25, 0.3) is 5.89 Å². The monoisotopic (exact) mass is 231 g/mol. The molecule has 0 aliphatic carbocycles. The summed E-state index contributed by atoms with van der Waals surface area (Å²) in [5, 5.41) is 5.31. The third-order valence-electron chi connectivity index (χ3n) is 1.70. The van der Waals surface area contributed by atoms with Gasteiger partial charge in [-0.15, -0.1) is 5.10 Å². The zero-order valence-corrected chi connectivity index (χ0v) is 7.58. The first-order valence-corrected chi connectivity index (χ1v) is 4.07. The standard InChI is InChI=1S/C8H4F3N3O2/c9-8(10,11)5-3-1-2-4(12-5)6-13-14-7(15)16-6/h1-3H,(H,14,15). The fourth-order valence-corrected chi connectivity index (χ4v) is 1.05. The Morgan fingerprint density at radius 3 is 2.62 bits per heavy atom. The second-order valence-electron chi connectivity index (χ2n) is 2.82. The van der Waals surface area contributed by atoms with Crippen molar-refractivity contribution in [3.63, 3.8) is 0 Å². The molecule has 0 aliphatic heterocycles. The molecule has 2 aromatic heterocycles. The van der Waals surface area contributed by atoms with E-state index in [2.05, 4.69) is 14.5 Å². The number of pyridine rings is 1. The molecule has 0 amide bonds. The van der Waals surface area contributed by atoms with E-state index in [-0.39, 0.29) is 11.6 Å². The number of nitrogens with zero attached hydrogens (tertiary/aromatic N) is 2. The maximum atomic E-state index is 12.3. The summed E-state index contributed by atoms with van der Waals surface area (Å²) >= 11 is 0. The van der Waals surface area contributed by atoms with Crippen LogP contribution in [-0.4, -0.2) is 15.2 Å². The first kappa shape index (κ1) is 10.4. The predicted molar refractivity (Wildman–Crippen MR) is 45.4 cm³/mol. The number of halogens is 3. The molecule has 0 aliphatic rings. The van der Waals surface area contributed by atoms with Gasteiger partial charge in [0.15, 0.2) is 0 Å².